The van der Waals surface area contributed by atoms with Crippen molar-refractivity contribution in [2.24, 2.45) is 0 Å². The van der Waals surface area contributed by atoms with E-state index in [0.29, 0.717) is 12.1 Å². The zero-order chi connectivity index (χ0) is 28.7. The number of imide groups is 1. The van der Waals surface area contributed by atoms with Crippen LogP contribution in [0, 0.1) is 0 Å². The Labute approximate surface area is 193 Å². The zero-order valence-electron chi connectivity index (χ0n) is 16.7. The van der Waals surface area contributed by atoms with Crippen LogP contribution in [-0.2, 0) is 30.9 Å². The predicted octanol–water partition coefficient (Wildman–Crippen LogP) is 7.58. The molecule has 0 spiro atoms. The molecule has 0 bridgehead atoms. The third-order valence-corrected chi connectivity index (χ3v) is 4.91. The summed E-state index contributed by atoms with van der Waals surface area (Å²) in [5, 5.41) is 0. The summed E-state index contributed by atoms with van der Waals surface area (Å²) >= 11 is 0. The highest BCUT2D eigenvalue weighted by molar-refractivity contribution is 6.35. The van der Waals surface area contributed by atoms with Crippen LogP contribution in [0.4, 0.5) is 71.5 Å². The summed E-state index contributed by atoms with van der Waals surface area (Å²) < 4.78 is 206. The highest BCUT2D eigenvalue weighted by Gasteiger charge is 2.62. The van der Waals surface area contributed by atoms with E-state index in [1.807, 2.05) is 0 Å². The molecule has 0 aromatic heterocycles. The van der Waals surface area contributed by atoms with Gasteiger partial charge in [0.05, 0.1) is 44.6 Å². The van der Waals surface area contributed by atoms with Crippen LogP contribution in [0.1, 0.15) is 48.5 Å². The predicted molar refractivity (Wildman–Crippen MR) is 89.0 cm³/mol. The first kappa shape index (κ1) is 28.1. The van der Waals surface area contributed by atoms with E-state index in [9.17, 15) is 75.4 Å². The maximum atomic E-state index is 13.9. The number of hydrogen-bond acceptors (Lipinski definition) is 2. The van der Waals surface area contributed by atoms with Gasteiger partial charge in [0.1, 0.15) is 0 Å². The molecular formula is C19H4F15NO2. The van der Waals surface area contributed by atoms with Crippen LogP contribution in [0.5, 0.6) is 0 Å². The van der Waals surface area contributed by atoms with Gasteiger partial charge in [0.2, 0.25) is 0 Å². The van der Waals surface area contributed by atoms with Gasteiger partial charge < -0.3 is 0 Å². The number of fused-ring (bicyclic) bond motifs is 1. The molecule has 0 unspecified atom stereocenters. The molecule has 1 aliphatic rings. The summed E-state index contributed by atoms with van der Waals surface area (Å²) in [4.78, 5) is 23.8. The molecule has 37 heavy (non-hydrogen) atoms. The normalized spacial score (nSPS) is 15.5. The molecule has 0 atom stereocenters. The lowest BCUT2D eigenvalue weighted by Gasteiger charge is -2.32. The van der Waals surface area contributed by atoms with E-state index < -0.39 is 92.2 Å². The Kier molecular flexibility index (Phi) is 6.09. The van der Waals surface area contributed by atoms with Crippen LogP contribution in [0.2, 0.25) is 0 Å². The van der Waals surface area contributed by atoms with Gasteiger partial charge in [-0.1, -0.05) is 12.1 Å². The monoisotopic (exact) mass is 563 g/mol. The third-order valence-electron chi connectivity index (χ3n) is 4.91. The number of carbonyl (C=O) groups excluding carboxylic acids is 2. The number of anilines is 1. The van der Waals surface area contributed by atoms with Crippen LogP contribution < -0.4 is 4.90 Å². The van der Waals surface area contributed by atoms with Crippen LogP contribution in [0.3, 0.4) is 0 Å². The van der Waals surface area contributed by atoms with E-state index in [4.69, 9.17) is 0 Å². The lowest BCUT2D eigenvalue weighted by molar-refractivity contribution is -0.188. The Balaban J connectivity index is 2.80. The van der Waals surface area contributed by atoms with Crippen molar-refractivity contribution in [2.45, 2.75) is 30.9 Å². The average molecular weight is 563 g/mol. The van der Waals surface area contributed by atoms with Gasteiger partial charge in [0, 0.05) is 0 Å². The smallest absolute Gasteiger partial charge is 0.268 e. The minimum Gasteiger partial charge on any atom is -0.268 e. The van der Waals surface area contributed by atoms with E-state index >= 15 is 0 Å². The lowest BCUT2D eigenvalue weighted by atomic mass is 9.86. The first-order valence-electron chi connectivity index (χ1n) is 8.99. The van der Waals surface area contributed by atoms with Crippen molar-refractivity contribution in [3.63, 3.8) is 0 Å². The minimum absolute atomic E-state index is 0.593. The van der Waals surface area contributed by atoms with Crippen LogP contribution in [-0.4, -0.2) is 11.8 Å². The number of rotatable bonds is 1. The fourth-order valence-electron chi connectivity index (χ4n) is 3.76. The summed E-state index contributed by atoms with van der Waals surface area (Å²) in [7, 11) is 0. The van der Waals surface area contributed by atoms with Gasteiger partial charge >= 0.3 is 30.9 Å². The Morgan fingerprint density at radius 1 is 0.432 bits per heavy atom. The Bertz CT molecular complexity index is 1210. The number of amides is 2. The number of carbonyl (C=O) groups is 2. The van der Waals surface area contributed by atoms with Crippen molar-refractivity contribution in [3.05, 3.63) is 63.2 Å². The topological polar surface area (TPSA) is 37.4 Å². The molecule has 2 aromatic carbocycles. The fraction of sp³-hybridized carbons (Fsp3) is 0.263. The number of hydrogen-bond donors (Lipinski definition) is 0. The average Bonchev–Trinajstić information content (AvgIpc) is 2.93. The summed E-state index contributed by atoms with van der Waals surface area (Å²) in [6.07, 6.45) is -34.9. The maximum absolute atomic E-state index is 13.9. The number of benzene rings is 2. The fourth-order valence-corrected chi connectivity index (χ4v) is 3.76. The van der Waals surface area contributed by atoms with E-state index in [2.05, 4.69) is 0 Å². The minimum atomic E-state index is -7.09. The van der Waals surface area contributed by atoms with E-state index in [0.717, 1.165) is 12.1 Å². The molecule has 0 saturated heterocycles. The molecule has 0 fully saturated rings. The van der Waals surface area contributed by atoms with Crippen LogP contribution in [0.25, 0.3) is 0 Å². The van der Waals surface area contributed by atoms with Gasteiger partial charge in [-0.2, -0.15) is 65.9 Å². The van der Waals surface area contributed by atoms with Crippen molar-refractivity contribution >= 4 is 17.5 Å². The third kappa shape index (κ3) is 4.56. The molecule has 0 radical (unpaired) electrons. The van der Waals surface area contributed by atoms with Crippen molar-refractivity contribution < 1.29 is 75.4 Å². The number of alkyl halides is 15. The quantitative estimate of drug-likeness (QED) is 0.265. The number of nitrogens with zero attached hydrogens (tertiary/aromatic N) is 1. The van der Waals surface area contributed by atoms with E-state index in [1.165, 1.54) is 0 Å². The first-order chi connectivity index (χ1) is 16.4. The highest BCUT2D eigenvalue weighted by atomic mass is 19.4. The van der Waals surface area contributed by atoms with Crippen LogP contribution in [0.15, 0.2) is 24.3 Å². The maximum Gasteiger partial charge on any atom is 0.419 e. The molecule has 3 nitrogen and oxygen atoms in total. The van der Waals surface area contributed by atoms with E-state index in [-0.39, 0.29) is 0 Å². The summed E-state index contributed by atoms with van der Waals surface area (Å²) in [5.41, 5.74) is -26.1. The van der Waals surface area contributed by atoms with Crippen LogP contribution >= 0.6 is 0 Å². The molecule has 1 heterocycles. The Morgan fingerprint density at radius 3 is 0.919 bits per heavy atom. The van der Waals surface area contributed by atoms with Gasteiger partial charge in [-0.15, -0.1) is 0 Å². The SMILES string of the molecule is O=C1c2ccccc2C(=O)N1c1c(C(F)(F)F)c(C(F)(F)F)c(C(F)(F)F)c(C(F)(F)F)c1C(F)(F)F. The molecular weight excluding hydrogens is 559 g/mol. The Hall–Kier alpha value is -3.47. The molecule has 202 valence electrons. The highest BCUT2D eigenvalue weighted by Crippen LogP contribution is 2.59. The molecule has 2 aromatic rings. The summed E-state index contributed by atoms with van der Waals surface area (Å²) in [6, 6.07) is 2.96. The standard InChI is InChI=1S/C19H4F15NO2/c20-15(21,22)7-8(16(23,24)25)10(18(29,30)31)12(11(19(32,33)34)9(7)17(26,27)28)35-13(36)5-3-1-2-4-6(5)14(35)37/h1-4H. The van der Waals surface area contributed by atoms with Crippen molar-refractivity contribution in [3.8, 4) is 0 Å². The molecule has 0 saturated carbocycles. The van der Waals surface area contributed by atoms with Gasteiger partial charge in [-0.3, -0.25) is 9.59 Å². The van der Waals surface area contributed by atoms with Crippen molar-refractivity contribution in [2.75, 3.05) is 4.90 Å². The second-order valence-electron chi connectivity index (χ2n) is 7.20. The van der Waals surface area contributed by atoms with E-state index in [1.54, 1.807) is 0 Å². The largest absolute Gasteiger partial charge is 0.419 e. The molecule has 1 aliphatic heterocycles. The molecule has 18 heteroatoms. The summed E-state index contributed by atoms with van der Waals surface area (Å²) in [6.45, 7) is 0. The molecule has 2 amide bonds. The van der Waals surface area contributed by atoms with Crippen molar-refractivity contribution in [1.82, 2.24) is 0 Å². The molecule has 0 N–H and O–H groups in total. The second-order valence-corrected chi connectivity index (χ2v) is 7.20. The summed E-state index contributed by atoms with van der Waals surface area (Å²) in [5.74, 6) is -4.48. The van der Waals surface area contributed by atoms with Gasteiger partial charge in [0.25, 0.3) is 11.8 Å². The Morgan fingerprint density at radius 2 is 0.676 bits per heavy atom. The van der Waals surface area contributed by atoms with Crippen molar-refractivity contribution in [1.29, 1.82) is 0 Å². The number of halogens is 15. The zero-order valence-corrected chi connectivity index (χ0v) is 16.7. The van der Waals surface area contributed by atoms with Gasteiger partial charge in [0.15, 0.2) is 0 Å². The second kappa shape index (κ2) is 8.01. The van der Waals surface area contributed by atoms with Gasteiger partial charge in [-0.25, -0.2) is 4.90 Å². The van der Waals surface area contributed by atoms with Gasteiger partial charge in [-0.05, 0) is 12.1 Å². The molecule has 3 rings (SSSR count). The lowest BCUT2D eigenvalue weighted by Crippen LogP contribution is -2.38. The first-order valence-corrected chi connectivity index (χ1v) is 8.99. The molecule has 0 aliphatic carbocycles.